The molecule has 0 bridgehead atoms. The molecule has 82 valence electrons. The molecule has 2 heteroatoms. The van der Waals surface area contributed by atoms with Crippen molar-refractivity contribution in [1.82, 2.24) is 0 Å². The molecule has 15 heavy (non-hydrogen) atoms. The predicted octanol–water partition coefficient (Wildman–Crippen LogP) is 3.35. The zero-order valence-electron chi connectivity index (χ0n) is 9.04. The van der Waals surface area contributed by atoms with Crippen LogP contribution in [0.3, 0.4) is 0 Å². The van der Waals surface area contributed by atoms with Gasteiger partial charge in [-0.1, -0.05) is 30.2 Å². The fourth-order valence-corrected chi connectivity index (χ4v) is 2.67. The van der Waals surface area contributed by atoms with Crippen LogP contribution in [0, 0.1) is 12.8 Å². The summed E-state index contributed by atoms with van der Waals surface area (Å²) < 4.78 is 0. The van der Waals surface area contributed by atoms with Gasteiger partial charge >= 0.3 is 0 Å². The summed E-state index contributed by atoms with van der Waals surface area (Å²) >= 11 is 6.17. The molecule has 2 rings (SSSR count). The average molecular weight is 225 g/mol. The second-order valence-corrected chi connectivity index (χ2v) is 4.96. The summed E-state index contributed by atoms with van der Waals surface area (Å²) in [6.45, 7) is 2.04. The van der Waals surface area contributed by atoms with E-state index in [1.165, 1.54) is 11.1 Å². The normalized spacial score (nSPS) is 25.8. The second-order valence-electron chi connectivity index (χ2n) is 4.56. The van der Waals surface area contributed by atoms with Gasteiger partial charge in [0.25, 0.3) is 0 Å². The maximum Gasteiger partial charge on any atom is 0.0571 e. The van der Waals surface area contributed by atoms with E-state index >= 15 is 0 Å². The highest BCUT2D eigenvalue weighted by molar-refractivity contribution is 6.31. The van der Waals surface area contributed by atoms with E-state index in [0.29, 0.717) is 5.92 Å². The summed E-state index contributed by atoms with van der Waals surface area (Å²) in [7, 11) is 0. The fourth-order valence-electron chi connectivity index (χ4n) is 2.36. The van der Waals surface area contributed by atoms with Gasteiger partial charge in [-0.3, -0.25) is 0 Å². The molecule has 2 atom stereocenters. The van der Waals surface area contributed by atoms with Crippen molar-refractivity contribution in [2.45, 2.75) is 38.7 Å². The average Bonchev–Trinajstić information content (AvgIpc) is 2.57. The number of aliphatic hydroxyl groups excluding tert-OH is 1. The molecule has 1 aromatic rings. The number of hydrogen-bond acceptors (Lipinski definition) is 1. The van der Waals surface area contributed by atoms with E-state index in [1.54, 1.807) is 0 Å². The van der Waals surface area contributed by atoms with Crippen molar-refractivity contribution in [2.75, 3.05) is 0 Å². The third-order valence-electron chi connectivity index (χ3n) is 3.31. The van der Waals surface area contributed by atoms with Gasteiger partial charge in [0.15, 0.2) is 0 Å². The first-order valence-corrected chi connectivity index (χ1v) is 5.97. The molecule has 0 amide bonds. The molecule has 1 saturated carbocycles. The van der Waals surface area contributed by atoms with E-state index in [4.69, 9.17) is 11.6 Å². The lowest BCUT2D eigenvalue weighted by Gasteiger charge is -2.15. The van der Waals surface area contributed by atoms with Crippen LogP contribution in [0.1, 0.15) is 30.4 Å². The number of aliphatic hydroxyl groups is 1. The van der Waals surface area contributed by atoms with Crippen LogP contribution in [0.5, 0.6) is 0 Å². The Morgan fingerprint density at radius 1 is 1.40 bits per heavy atom. The second kappa shape index (κ2) is 4.54. The highest BCUT2D eigenvalue weighted by atomic mass is 35.5. The third-order valence-corrected chi connectivity index (χ3v) is 3.66. The van der Waals surface area contributed by atoms with Crippen LogP contribution in [0.25, 0.3) is 0 Å². The van der Waals surface area contributed by atoms with Crippen molar-refractivity contribution in [1.29, 1.82) is 0 Å². The molecule has 1 nitrogen and oxygen atoms in total. The Labute approximate surface area is 96.1 Å². The van der Waals surface area contributed by atoms with E-state index in [-0.39, 0.29) is 6.10 Å². The van der Waals surface area contributed by atoms with Gasteiger partial charge in [-0.25, -0.2) is 0 Å². The lowest BCUT2D eigenvalue weighted by atomic mass is 9.96. The van der Waals surface area contributed by atoms with E-state index in [1.807, 2.05) is 13.0 Å². The van der Waals surface area contributed by atoms with Crippen LogP contribution < -0.4 is 0 Å². The maximum atomic E-state index is 9.75. The SMILES string of the molecule is Cc1ccc(CC2CCCC2O)c(Cl)c1. The van der Waals surface area contributed by atoms with Crippen LogP contribution in [-0.4, -0.2) is 11.2 Å². The Kier molecular flexibility index (Phi) is 3.32. The van der Waals surface area contributed by atoms with E-state index in [2.05, 4.69) is 12.1 Å². The lowest BCUT2D eigenvalue weighted by Crippen LogP contribution is -2.15. The zero-order valence-corrected chi connectivity index (χ0v) is 9.80. The zero-order chi connectivity index (χ0) is 10.8. The topological polar surface area (TPSA) is 20.2 Å². The summed E-state index contributed by atoms with van der Waals surface area (Å²) in [5.74, 6) is 0.408. The van der Waals surface area contributed by atoms with Gasteiger partial charge in [0, 0.05) is 5.02 Å². The molecular formula is C13H17ClO. The van der Waals surface area contributed by atoms with E-state index in [9.17, 15) is 5.11 Å². The summed E-state index contributed by atoms with van der Waals surface area (Å²) in [5, 5.41) is 10.6. The summed E-state index contributed by atoms with van der Waals surface area (Å²) in [4.78, 5) is 0. The van der Waals surface area contributed by atoms with Crippen LogP contribution in [0.15, 0.2) is 18.2 Å². The van der Waals surface area contributed by atoms with Crippen molar-refractivity contribution >= 4 is 11.6 Å². The predicted molar refractivity (Wildman–Crippen MR) is 63.2 cm³/mol. The monoisotopic (exact) mass is 224 g/mol. The number of benzene rings is 1. The smallest absolute Gasteiger partial charge is 0.0571 e. The standard InChI is InChI=1S/C13H17ClO/c1-9-5-6-10(12(14)7-9)8-11-3-2-4-13(11)15/h5-7,11,13,15H,2-4,8H2,1H3. The Hall–Kier alpha value is -0.530. The first-order valence-electron chi connectivity index (χ1n) is 5.60. The van der Waals surface area contributed by atoms with Crippen molar-refractivity contribution in [3.05, 3.63) is 34.3 Å². The van der Waals surface area contributed by atoms with Crippen molar-refractivity contribution in [2.24, 2.45) is 5.92 Å². The van der Waals surface area contributed by atoms with Crippen molar-refractivity contribution < 1.29 is 5.11 Å². The number of hydrogen-bond donors (Lipinski definition) is 1. The van der Waals surface area contributed by atoms with Gasteiger partial charge in [-0.2, -0.15) is 0 Å². The Morgan fingerprint density at radius 3 is 2.80 bits per heavy atom. The molecule has 0 aliphatic heterocycles. The molecule has 0 saturated heterocycles. The van der Waals surface area contributed by atoms with Gasteiger partial charge in [-0.05, 0) is 49.3 Å². The molecule has 0 heterocycles. The number of halogens is 1. The first-order chi connectivity index (χ1) is 7.16. The molecule has 0 aromatic heterocycles. The molecule has 1 aliphatic carbocycles. The summed E-state index contributed by atoms with van der Waals surface area (Å²) in [6, 6.07) is 6.17. The Balaban J connectivity index is 2.10. The maximum absolute atomic E-state index is 9.75. The molecular weight excluding hydrogens is 208 g/mol. The molecule has 0 spiro atoms. The molecule has 1 fully saturated rings. The van der Waals surface area contributed by atoms with Crippen molar-refractivity contribution in [3.63, 3.8) is 0 Å². The fraction of sp³-hybridized carbons (Fsp3) is 0.538. The van der Waals surface area contributed by atoms with Crippen LogP contribution in [0.4, 0.5) is 0 Å². The Morgan fingerprint density at radius 2 is 2.20 bits per heavy atom. The third kappa shape index (κ3) is 2.53. The Bertz CT molecular complexity index is 348. The minimum Gasteiger partial charge on any atom is -0.393 e. The van der Waals surface area contributed by atoms with E-state index in [0.717, 1.165) is 30.7 Å². The minimum atomic E-state index is -0.123. The van der Waals surface area contributed by atoms with Crippen LogP contribution >= 0.6 is 11.6 Å². The first kappa shape index (κ1) is 11.0. The van der Waals surface area contributed by atoms with Gasteiger partial charge in [-0.15, -0.1) is 0 Å². The molecule has 0 radical (unpaired) electrons. The largest absolute Gasteiger partial charge is 0.393 e. The highest BCUT2D eigenvalue weighted by Gasteiger charge is 2.25. The van der Waals surface area contributed by atoms with Gasteiger partial charge in [0.1, 0.15) is 0 Å². The molecule has 2 unspecified atom stereocenters. The van der Waals surface area contributed by atoms with Crippen LogP contribution in [0.2, 0.25) is 5.02 Å². The summed E-state index contributed by atoms with van der Waals surface area (Å²) in [5.41, 5.74) is 2.36. The van der Waals surface area contributed by atoms with Gasteiger partial charge in [0.05, 0.1) is 6.10 Å². The molecule has 1 N–H and O–H groups in total. The summed E-state index contributed by atoms with van der Waals surface area (Å²) in [6.07, 6.45) is 4.03. The highest BCUT2D eigenvalue weighted by Crippen LogP contribution is 2.30. The van der Waals surface area contributed by atoms with Crippen molar-refractivity contribution in [3.8, 4) is 0 Å². The van der Waals surface area contributed by atoms with Gasteiger partial charge in [0.2, 0.25) is 0 Å². The quantitative estimate of drug-likeness (QED) is 0.817. The number of rotatable bonds is 2. The number of aryl methyl sites for hydroxylation is 1. The lowest BCUT2D eigenvalue weighted by molar-refractivity contribution is 0.133. The van der Waals surface area contributed by atoms with E-state index < -0.39 is 0 Å². The molecule has 1 aromatic carbocycles. The van der Waals surface area contributed by atoms with Crippen LogP contribution in [-0.2, 0) is 6.42 Å². The molecule has 1 aliphatic rings. The minimum absolute atomic E-state index is 0.123. The van der Waals surface area contributed by atoms with Gasteiger partial charge < -0.3 is 5.11 Å².